The second-order valence-corrected chi connectivity index (χ2v) is 9.46. The molecule has 1 aromatic carbocycles. The van der Waals surface area contributed by atoms with Crippen molar-refractivity contribution in [3.63, 3.8) is 0 Å². The van der Waals surface area contributed by atoms with Gasteiger partial charge in [-0.05, 0) is 24.0 Å². The van der Waals surface area contributed by atoms with Crippen LogP contribution in [0.15, 0.2) is 30.5 Å². The molecule has 1 aromatic heterocycles. The average molecular weight is 547 g/mol. The summed E-state index contributed by atoms with van der Waals surface area (Å²) in [6, 6.07) is 1.72. The Morgan fingerprint density at radius 2 is 1.49 bits per heavy atom. The molecule has 0 radical (unpaired) electrons. The maximum absolute atomic E-state index is 13.1. The van der Waals surface area contributed by atoms with Crippen LogP contribution in [-0.4, -0.2) is 74.9 Å². The molecule has 39 heavy (non-hydrogen) atoms. The molecule has 14 heteroatoms. The van der Waals surface area contributed by atoms with Crippen molar-refractivity contribution in [2.24, 2.45) is 17.4 Å². The lowest BCUT2D eigenvalue weighted by atomic mass is 10.0. The van der Waals surface area contributed by atoms with E-state index < -0.39 is 66.2 Å². The van der Waals surface area contributed by atoms with Crippen LogP contribution in [-0.2, 0) is 35.2 Å². The Kier molecular flexibility index (Phi) is 11.0. The van der Waals surface area contributed by atoms with Crippen molar-refractivity contribution >= 4 is 46.5 Å². The lowest BCUT2D eigenvalue weighted by molar-refractivity contribution is -0.143. The van der Waals surface area contributed by atoms with Crippen molar-refractivity contribution < 1.29 is 39.0 Å². The number of amides is 4. The van der Waals surface area contributed by atoms with Gasteiger partial charge in [-0.2, -0.15) is 0 Å². The number of para-hydroxylation sites is 1. The Balaban J connectivity index is 2.22. The first kappa shape index (κ1) is 30.8. The van der Waals surface area contributed by atoms with Gasteiger partial charge in [0, 0.05) is 29.9 Å². The van der Waals surface area contributed by atoms with Crippen LogP contribution in [0.2, 0.25) is 0 Å². The number of carbonyl (C=O) groups excluding carboxylic acids is 4. The van der Waals surface area contributed by atoms with E-state index in [1.807, 2.05) is 12.1 Å². The maximum atomic E-state index is 13.1. The summed E-state index contributed by atoms with van der Waals surface area (Å²) in [7, 11) is 0. The fourth-order valence-corrected chi connectivity index (χ4v) is 3.78. The Hall–Kier alpha value is -4.46. The minimum absolute atomic E-state index is 0.0909. The minimum Gasteiger partial charge on any atom is -0.481 e. The molecule has 0 aliphatic rings. The molecule has 0 saturated heterocycles. The number of fused-ring (bicyclic) bond motifs is 1. The van der Waals surface area contributed by atoms with Crippen LogP contribution >= 0.6 is 0 Å². The molecule has 2 aromatic rings. The summed E-state index contributed by atoms with van der Waals surface area (Å²) in [5.74, 6) is -6.57. The SMILES string of the molecule is CC(C)C(N)C(=O)NC(CC(=O)O)C(=O)NC(CCC(N)=O)C(=O)NC(Cc1c[nH]c2ccccc12)C(=O)O. The van der Waals surface area contributed by atoms with E-state index in [4.69, 9.17) is 11.5 Å². The van der Waals surface area contributed by atoms with Crippen molar-refractivity contribution in [1.82, 2.24) is 20.9 Å². The quantitative estimate of drug-likeness (QED) is 0.136. The molecule has 0 fully saturated rings. The van der Waals surface area contributed by atoms with Crippen molar-refractivity contribution in [1.29, 1.82) is 0 Å². The first-order valence-corrected chi connectivity index (χ1v) is 12.2. The predicted molar refractivity (Wildman–Crippen MR) is 139 cm³/mol. The van der Waals surface area contributed by atoms with Crippen molar-refractivity contribution in [2.45, 2.75) is 63.7 Å². The molecule has 1 heterocycles. The Morgan fingerprint density at radius 1 is 0.897 bits per heavy atom. The van der Waals surface area contributed by atoms with E-state index in [2.05, 4.69) is 20.9 Å². The van der Waals surface area contributed by atoms with E-state index in [1.54, 1.807) is 32.2 Å². The topological polar surface area (TPSA) is 247 Å². The van der Waals surface area contributed by atoms with Gasteiger partial charge in [0.05, 0.1) is 12.5 Å². The molecule has 212 valence electrons. The molecule has 14 nitrogen and oxygen atoms in total. The predicted octanol–water partition coefficient (Wildman–Crippen LogP) is -1.03. The van der Waals surface area contributed by atoms with E-state index in [-0.39, 0.29) is 25.2 Å². The van der Waals surface area contributed by atoms with Gasteiger partial charge in [0.25, 0.3) is 0 Å². The number of hydrogen-bond donors (Lipinski definition) is 8. The van der Waals surface area contributed by atoms with Crippen LogP contribution in [0.4, 0.5) is 0 Å². The Bertz CT molecular complexity index is 1230. The molecular weight excluding hydrogens is 512 g/mol. The van der Waals surface area contributed by atoms with Gasteiger partial charge in [0.15, 0.2) is 0 Å². The van der Waals surface area contributed by atoms with Gasteiger partial charge in [-0.1, -0.05) is 32.0 Å². The van der Waals surface area contributed by atoms with Crippen LogP contribution in [0.3, 0.4) is 0 Å². The summed E-state index contributed by atoms with van der Waals surface area (Å²) in [6.07, 6.45) is 0.0791. The van der Waals surface area contributed by atoms with Gasteiger partial charge < -0.3 is 42.6 Å². The molecule has 0 saturated carbocycles. The third-order valence-electron chi connectivity index (χ3n) is 6.06. The molecular formula is C25H34N6O8. The maximum Gasteiger partial charge on any atom is 0.326 e. The molecule has 2 rings (SSSR count). The fraction of sp³-hybridized carbons (Fsp3) is 0.440. The average Bonchev–Trinajstić information content (AvgIpc) is 3.27. The number of aliphatic carboxylic acids is 2. The lowest BCUT2D eigenvalue weighted by Gasteiger charge is -2.25. The van der Waals surface area contributed by atoms with Crippen LogP contribution in [0, 0.1) is 5.92 Å². The standard InChI is InChI=1S/C25H34N6O8/c1-12(2)21(27)24(37)30-17(10-20(33)34)23(36)29-16(7-8-19(26)32)22(35)31-18(25(38)39)9-13-11-28-15-6-4-3-5-14(13)15/h3-6,11-12,16-18,21,28H,7-10,27H2,1-2H3,(H2,26,32)(H,29,36)(H,30,37)(H,31,35)(H,33,34)(H,38,39). The number of carboxylic acid groups (broad SMARTS) is 2. The van der Waals surface area contributed by atoms with Gasteiger partial charge in [-0.25, -0.2) is 4.79 Å². The third kappa shape index (κ3) is 9.10. The van der Waals surface area contributed by atoms with Gasteiger partial charge >= 0.3 is 11.9 Å². The largest absolute Gasteiger partial charge is 0.481 e. The number of rotatable bonds is 15. The highest BCUT2D eigenvalue weighted by Crippen LogP contribution is 2.19. The highest BCUT2D eigenvalue weighted by Gasteiger charge is 2.32. The van der Waals surface area contributed by atoms with Gasteiger partial charge in [0.2, 0.25) is 23.6 Å². The summed E-state index contributed by atoms with van der Waals surface area (Å²) in [6.45, 7) is 3.33. The third-order valence-corrected chi connectivity index (χ3v) is 6.06. The first-order valence-electron chi connectivity index (χ1n) is 12.2. The van der Waals surface area contributed by atoms with E-state index in [1.165, 1.54) is 0 Å². The number of carboxylic acids is 2. The molecule has 0 spiro atoms. The monoisotopic (exact) mass is 546 g/mol. The van der Waals surface area contributed by atoms with Crippen LogP contribution in [0.25, 0.3) is 10.9 Å². The smallest absolute Gasteiger partial charge is 0.326 e. The van der Waals surface area contributed by atoms with E-state index >= 15 is 0 Å². The van der Waals surface area contributed by atoms with Gasteiger partial charge in [-0.15, -0.1) is 0 Å². The highest BCUT2D eigenvalue weighted by molar-refractivity contribution is 5.96. The molecule has 0 bridgehead atoms. The molecule has 4 unspecified atom stereocenters. The minimum atomic E-state index is -1.59. The number of aromatic amines is 1. The van der Waals surface area contributed by atoms with Gasteiger partial charge in [0.1, 0.15) is 18.1 Å². The zero-order valence-corrected chi connectivity index (χ0v) is 21.6. The second-order valence-electron chi connectivity index (χ2n) is 9.46. The van der Waals surface area contributed by atoms with Gasteiger partial charge in [-0.3, -0.25) is 24.0 Å². The summed E-state index contributed by atoms with van der Waals surface area (Å²) in [4.78, 5) is 76.1. The highest BCUT2D eigenvalue weighted by atomic mass is 16.4. The molecule has 0 aliphatic heterocycles. The normalized spacial score (nSPS) is 14.2. The second kappa shape index (κ2) is 13.9. The number of benzene rings is 1. The summed E-state index contributed by atoms with van der Waals surface area (Å²) in [5, 5.41) is 26.7. The number of aromatic nitrogens is 1. The van der Waals surface area contributed by atoms with E-state index in [9.17, 15) is 39.0 Å². The molecule has 0 aliphatic carbocycles. The molecule has 10 N–H and O–H groups in total. The number of hydrogen-bond acceptors (Lipinski definition) is 7. The van der Waals surface area contributed by atoms with Crippen LogP contribution < -0.4 is 27.4 Å². The van der Waals surface area contributed by atoms with E-state index in [0.29, 0.717) is 5.56 Å². The number of nitrogens with one attached hydrogen (secondary N) is 4. The number of H-pyrrole nitrogens is 1. The molecule has 4 amide bonds. The Morgan fingerprint density at radius 3 is 2.08 bits per heavy atom. The lowest BCUT2D eigenvalue weighted by Crippen LogP contribution is -2.58. The van der Waals surface area contributed by atoms with Crippen molar-refractivity contribution in [2.75, 3.05) is 0 Å². The number of carbonyl (C=O) groups is 6. The van der Waals surface area contributed by atoms with Crippen molar-refractivity contribution in [3.05, 3.63) is 36.0 Å². The van der Waals surface area contributed by atoms with E-state index in [0.717, 1.165) is 10.9 Å². The zero-order valence-electron chi connectivity index (χ0n) is 21.6. The summed E-state index contributed by atoms with van der Waals surface area (Å²) in [5.41, 5.74) is 12.4. The number of nitrogens with two attached hydrogens (primary N) is 2. The first-order chi connectivity index (χ1) is 18.3. The summed E-state index contributed by atoms with van der Waals surface area (Å²) < 4.78 is 0. The zero-order chi connectivity index (χ0) is 29.3. The van der Waals surface area contributed by atoms with Crippen LogP contribution in [0.5, 0.6) is 0 Å². The number of primary amides is 1. The van der Waals surface area contributed by atoms with Crippen molar-refractivity contribution in [3.8, 4) is 0 Å². The summed E-state index contributed by atoms with van der Waals surface area (Å²) >= 11 is 0. The fourth-order valence-electron chi connectivity index (χ4n) is 3.78. The molecule has 4 atom stereocenters. The Labute approximate surface area is 223 Å². The van der Waals surface area contributed by atoms with Crippen LogP contribution in [0.1, 0.15) is 38.7 Å².